The van der Waals surface area contributed by atoms with Gasteiger partial charge in [0.2, 0.25) is 6.79 Å². The Labute approximate surface area is 153 Å². The Kier molecular flexibility index (Phi) is 4.40. The number of carbonyl (C=O) groups excluding carboxylic acids is 1. The summed E-state index contributed by atoms with van der Waals surface area (Å²) in [4.78, 5) is 12.6. The molecule has 0 radical (unpaired) electrons. The molecule has 2 aromatic carbocycles. The molecule has 1 N–H and O–H groups in total. The van der Waals surface area contributed by atoms with Crippen LogP contribution in [-0.2, 0) is 6.42 Å². The van der Waals surface area contributed by atoms with Crippen molar-refractivity contribution in [2.75, 3.05) is 13.3 Å². The lowest BCUT2D eigenvalue weighted by molar-refractivity contribution is 0.0954. The number of hydrogen-bond acceptors (Lipinski definition) is 6. The smallest absolute Gasteiger partial charge is 0.253 e. The van der Waals surface area contributed by atoms with Crippen LogP contribution in [0.3, 0.4) is 0 Å². The summed E-state index contributed by atoms with van der Waals surface area (Å²) in [6.45, 7) is 0.699. The number of amides is 1. The number of nitrogens with zero attached hydrogens (tertiary/aromatic N) is 4. The molecule has 1 aliphatic heterocycles. The molecule has 1 aliphatic rings. The molecule has 0 saturated heterocycles. The van der Waals surface area contributed by atoms with Gasteiger partial charge in [0.1, 0.15) is 6.33 Å². The molecule has 0 saturated carbocycles. The molecule has 132 valence electrons. The van der Waals surface area contributed by atoms with E-state index in [1.54, 1.807) is 18.2 Å². The lowest BCUT2D eigenvalue weighted by Crippen LogP contribution is -2.27. The second kappa shape index (κ2) is 7.01. The first-order valence-electron chi connectivity index (χ1n) is 7.90. The van der Waals surface area contributed by atoms with Crippen LogP contribution in [0, 0.1) is 0 Å². The predicted octanol–water partition coefficient (Wildman–Crippen LogP) is 2.02. The molecule has 2 heterocycles. The number of tetrazole rings is 1. The SMILES string of the molecule is O=C(NCCc1ccc2c(c1)OCO2)c1cc(Cl)ccc1-n1cnnn1. The van der Waals surface area contributed by atoms with Gasteiger partial charge >= 0.3 is 0 Å². The summed E-state index contributed by atoms with van der Waals surface area (Å²) in [6, 6.07) is 10.7. The van der Waals surface area contributed by atoms with Crippen LogP contribution in [-0.4, -0.2) is 39.5 Å². The van der Waals surface area contributed by atoms with Gasteiger partial charge in [-0.05, 0) is 52.7 Å². The van der Waals surface area contributed by atoms with Crippen molar-refractivity contribution in [3.05, 3.63) is 58.9 Å². The zero-order valence-corrected chi connectivity index (χ0v) is 14.3. The Morgan fingerprint density at radius 3 is 2.92 bits per heavy atom. The Balaban J connectivity index is 1.45. The number of ether oxygens (including phenoxy) is 2. The van der Waals surface area contributed by atoms with E-state index >= 15 is 0 Å². The quantitative estimate of drug-likeness (QED) is 0.737. The van der Waals surface area contributed by atoms with Crippen molar-refractivity contribution in [2.45, 2.75) is 6.42 Å². The van der Waals surface area contributed by atoms with Crippen molar-refractivity contribution in [1.29, 1.82) is 0 Å². The highest BCUT2D eigenvalue weighted by Crippen LogP contribution is 2.32. The third-order valence-corrected chi connectivity index (χ3v) is 4.17. The van der Waals surface area contributed by atoms with Crippen LogP contribution in [0.5, 0.6) is 11.5 Å². The second-order valence-corrected chi connectivity index (χ2v) is 6.05. The lowest BCUT2D eigenvalue weighted by atomic mass is 10.1. The molecule has 3 aromatic rings. The molecule has 0 bridgehead atoms. The lowest BCUT2D eigenvalue weighted by Gasteiger charge is -2.10. The van der Waals surface area contributed by atoms with Crippen molar-refractivity contribution in [1.82, 2.24) is 25.5 Å². The first-order chi connectivity index (χ1) is 12.7. The van der Waals surface area contributed by atoms with Gasteiger partial charge in [-0.25, -0.2) is 0 Å². The van der Waals surface area contributed by atoms with Crippen molar-refractivity contribution in [2.24, 2.45) is 0 Å². The van der Waals surface area contributed by atoms with Crippen molar-refractivity contribution < 1.29 is 14.3 Å². The van der Waals surface area contributed by atoms with Gasteiger partial charge in [0, 0.05) is 11.6 Å². The van der Waals surface area contributed by atoms with Gasteiger partial charge in [-0.2, -0.15) is 4.68 Å². The fourth-order valence-corrected chi connectivity index (χ4v) is 2.85. The molecule has 0 atom stereocenters. The molecule has 8 nitrogen and oxygen atoms in total. The van der Waals surface area contributed by atoms with Crippen LogP contribution >= 0.6 is 11.6 Å². The fourth-order valence-electron chi connectivity index (χ4n) is 2.67. The van der Waals surface area contributed by atoms with Crippen LogP contribution < -0.4 is 14.8 Å². The molecule has 1 aromatic heterocycles. The fraction of sp³-hybridized carbons (Fsp3) is 0.176. The molecule has 0 fully saturated rings. The highest BCUT2D eigenvalue weighted by atomic mass is 35.5. The highest BCUT2D eigenvalue weighted by molar-refractivity contribution is 6.31. The Morgan fingerprint density at radius 2 is 2.08 bits per heavy atom. The maximum absolute atomic E-state index is 12.6. The van der Waals surface area contributed by atoms with E-state index in [1.165, 1.54) is 11.0 Å². The summed E-state index contributed by atoms with van der Waals surface area (Å²) in [5, 5.41) is 14.4. The van der Waals surface area contributed by atoms with E-state index in [0.29, 0.717) is 29.2 Å². The number of hydrogen-bond donors (Lipinski definition) is 1. The topological polar surface area (TPSA) is 91.2 Å². The maximum atomic E-state index is 12.6. The molecule has 4 rings (SSSR count). The van der Waals surface area contributed by atoms with Crippen LogP contribution in [0.4, 0.5) is 0 Å². The minimum absolute atomic E-state index is 0.240. The third kappa shape index (κ3) is 3.31. The summed E-state index contributed by atoms with van der Waals surface area (Å²) in [6.07, 6.45) is 2.08. The van der Waals surface area contributed by atoms with Crippen molar-refractivity contribution in [3.8, 4) is 17.2 Å². The molecular formula is C17H14ClN5O3. The number of halogens is 1. The highest BCUT2D eigenvalue weighted by Gasteiger charge is 2.15. The molecule has 0 unspecified atom stereocenters. The average molecular weight is 372 g/mol. The molecule has 0 aliphatic carbocycles. The monoisotopic (exact) mass is 371 g/mol. The summed E-state index contributed by atoms with van der Waals surface area (Å²) < 4.78 is 12.1. The standard InChI is InChI=1S/C17H14ClN5O3/c18-12-2-3-14(23-9-20-21-22-23)13(8-12)17(24)19-6-5-11-1-4-15-16(7-11)26-10-25-15/h1-4,7-9H,5-6,10H2,(H,19,24). The average Bonchev–Trinajstić information content (AvgIpc) is 3.33. The summed E-state index contributed by atoms with van der Waals surface area (Å²) in [7, 11) is 0. The van der Waals surface area contributed by atoms with Gasteiger partial charge in [-0.3, -0.25) is 4.79 Å². The Bertz CT molecular complexity index is 946. The number of rotatable bonds is 5. The Morgan fingerprint density at radius 1 is 1.19 bits per heavy atom. The molecule has 0 spiro atoms. The van der Waals surface area contributed by atoms with Gasteiger partial charge in [0.15, 0.2) is 11.5 Å². The van der Waals surface area contributed by atoms with Crippen molar-refractivity contribution in [3.63, 3.8) is 0 Å². The van der Waals surface area contributed by atoms with E-state index in [0.717, 1.165) is 17.1 Å². The van der Waals surface area contributed by atoms with E-state index in [-0.39, 0.29) is 12.7 Å². The van der Waals surface area contributed by atoms with Gasteiger partial charge in [0.05, 0.1) is 11.3 Å². The molecular weight excluding hydrogens is 358 g/mol. The van der Waals surface area contributed by atoms with E-state index in [1.807, 2.05) is 18.2 Å². The van der Waals surface area contributed by atoms with Crippen LogP contribution in [0.2, 0.25) is 5.02 Å². The number of nitrogens with one attached hydrogen (secondary N) is 1. The van der Waals surface area contributed by atoms with Crippen LogP contribution in [0.25, 0.3) is 5.69 Å². The molecule has 26 heavy (non-hydrogen) atoms. The minimum atomic E-state index is -0.251. The van der Waals surface area contributed by atoms with Crippen LogP contribution in [0.1, 0.15) is 15.9 Å². The van der Waals surface area contributed by atoms with Gasteiger partial charge in [-0.15, -0.1) is 5.10 Å². The summed E-state index contributed by atoms with van der Waals surface area (Å²) in [5.41, 5.74) is 2.00. The number of carbonyl (C=O) groups is 1. The first-order valence-corrected chi connectivity index (χ1v) is 8.28. The Hall–Kier alpha value is -3.13. The second-order valence-electron chi connectivity index (χ2n) is 5.61. The predicted molar refractivity (Wildman–Crippen MR) is 92.8 cm³/mol. The zero-order chi connectivity index (χ0) is 17.9. The van der Waals surface area contributed by atoms with Gasteiger partial charge in [-0.1, -0.05) is 17.7 Å². The molecule has 9 heteroatoms. The van der Waals surface area contributed by atoms with E-state index in [2.05, 4.69) is 20.8 Å². The zero-order valence-electron chi connectivity index (χ0n) is 13.6. The number of fused-ring (bicyclic) bond motifs is 1. The van der Waals surface area contributed by atoms with E-state index in [4.69, 9.17) is 21.1 Å². The first kappa shape index (κ1) is 16.3. The third-order valence-electron chi connectivity index (χ3n) is 3.94. The van der Waals surface area contributed by atoms with Crippen molar-refractivity contribution >= 4 is 17.5 Å². The maximum Gasteiger partial charge on any atom is 0.253 e. The molecule has 1 amide bonds. The van der Waals surface area contributed by atoms with Gasteiger partial charge < -0.3 is 14.8 Å². The largest absolute Gasteiger partial charge is 0.454 e. The van der Waals surface area contributed by atoms with E-state index < -0.39 is 0 Å². The summed E-state index contributed by atoms with van der Waals surface area (Å²) in [5.74, 6) is 1.21. The van der Waals surface area contributed by atoms with Gasteiger partial charge in [0.25, 0.3) is 5.91 Å². The van der Waals surface area contributed by atoms with E-state index in [9.17, 15) is 4.79 Å². The number of aromatic nitrogens is 4. The normalized spacial score (nSPS) is 12.2. The number of benzene rings is 2. The summed E-state index contributed by atoms with van der Waals surface area (Å²) >= 11 is 6.04. The van der Waals surface area contributed by atoms with Crippen LogP contribution in [0.15, 0.2) is 42.7 Å². The minimum Gasteiger partial charge on any atom is -0.454 e.